The number of hydrogen-bond acceptors (Lipinski definition) is 2. The van der Waals surface area contributed by atoms with Crippen molar-refractivity contribution in [3.63, 3.8) is 0 Å². The molecule has 2 unspecified atom stereocenters. The Balaban J connectivity index is 2.59. The molecule has 1 N–H and O–H groups in total. The van der Waals surface area contributed by atoms with E-state index in [1.54, 1.807) is 0 Å². The van der Waals surface area contributed by atoms with Crippen molar-refractivity contribution in [2.75, 3.05) is 13.7 Å². The summed E-state index contributed by atoms with van der Waals surface area (Å²) in [6, 6.07) is 9.10. The highest BCUT2D eigenvalue weighted by atomic mass is 16.5. The first-order valence-electron chi connectivity index (χ1n) is 7.46. The SMILES string of the molecule is CCc1ccc(C(NC)C(C)OCCC(C)C)cc1. The van der Waals surface area contributed by atoms with E-state index in [-0.39, 0.29) is 12.1 Å². The molecule has 0 amide bonds. The number of aryl methyl sites for hydroxylation is 1. The van der Waals surface area contributed by atoms with Crippen LogP contribution in [0.1, 0.15) is 51.3 Å². The summed E-state index contributed by atoms with van der Waals surface area (Å²) in [5.41, 5.74) is 2.68. The molecule has 2 atom stereocenters. The second kappa shape index (κ2) is 8.34. The molecule has 2 nitrogen and oxygen atoms in total. The van der Waals surface area contributed by atoms with E-state index in [1.807, 2.05) is 7.05 Å². The van der Waals surface area contributed by atoms with Crippen molar-refractivity contribution in [2.45, 2.75) is 52.7 Å². The van der Waals surface area contributed by atoms with Crippen LogP contribution in [0.5, 0.6) is 0 Å². The van der Waals surface area contributed by atoms with E-state index in [2.05, 4.69) is 57.3 Å². The molecule has 0 aliphatic heterocycles. The Labute approximate surface area is 118 Å². The average molecular weight is 263 g/mol. The number of ether oxygens (including phenoxy) is 1. The Morgan fingerprint density at radius 1 is 1.11 bits per heavy atom. The molecular weight excluding hydrogens is 234 g/mol. The van der Waals surface area contributed by atoms with Gasteiger partial charge < -0.3 is 10.1 Å². The molecule has 0 bridgehead atoms. The van der Waals surface area contributed by atoms with Crippen LogP contribution in [-0.4, -0.2) is 19.8 Å². The van der Waals surface area contributed by atoms with Gasteiger partial charge in [-0.1, -0.05) is 45.0 Å². The van der Waals surface area contributed by atoms with Crippen molar-refractivity contribution >= 4 is 0 Å². The Morgan fingerprint density at radius 2 is 1.74 bits per heavy atom. The van der Waals surface area contributed by atoms with Crippen molar-refractivity contribution in [3.8, 4) is 0 Å². The van der Waals surface area contributed by atoms with Crippen LogP contribution in [-0.2, 0) is 11.2 Å². The average Bonchev–Trinajstić information content (AvgIpc) is 2.40. The molecule has 0 spiro atoms. The van der Waals surface area contributed by atoms with Crippen molar-refractivity contribution in [1.82, 2.24) is 5.32 Å². The van der Waals surface area contributed by atoms with Crippen molar-refractivity contribution in [3.05, 3.63) is 35.4 Å². The number of rotatable bonds is 8. The van der Waals surface area contributed by atoms with Gasteiger partial charge in [0, 0.05) is 6.61 Å². The molecule has 0 aromatic heterocycles. The van der Waals surface area contributed by atoms with Gasteiger partial charge in [0.25, 0.3) is 0 Å². The summed E-state index contributed by atoms with van der Waals surface area (Å²) < 4.78 is 5.95. The van der Waals surface area contributed by atoms with Gasteiger partial charge in [0.2, 0.25) is 0 Å². The molecule has 1 aromatic carbocycles. The second-order valence-electron chi connectivity index (χ2n) is 5.62. The number of hydrogen-bond donors (Lipinski definition) is 1. The van der Waals surface area contributed by atoms with Gasteiger partial charge in [0.1, 0.15) is 0 Å². The molecular formula is C17H29NO. The van der Waals surface area contributed by atoms with Crippen LogP contribution >= 0.6 is 0 Å². The van der Waals surface area contributed by atoms with Crippen molar-refractivity contribution in [1.29, 1.82) is 0 Å². The second-order valence-corrected chi connectivity index (χ2v) is 5.62. The molecule has 0 aliphatic carbocycles. The van der Waals surface area contributed by atoms with E-state index in [1.165, 1.54) is 11.1 Å². The first kappa shape index (κ1) is 16.2. The van der Waals surface area contributed by atoms with Crippen LogP contribution < -0.4 is 5.32 Å². The summed E-state index contributed by atoms with van der Waals surface area (Å²) in [6.07, 6.45) is 2.40. The number of nitrogens with one attached hydrogen (secondary N) is 1. The summed E-state index contributed by atoms with van der Waals surface area (Å²) in [6.45, 7) is 9.63. The van der Waals surface area contributed by atoms with Gasteiger partial charge in [0.15, 0.2) is 0 Å². The Bertz CT molecular complexity index is 345. The third kappa shape index (κ3) is 5.33. The van der Waals surface area contributed by atoms with Gasteiger partial charge >= 0.3 is 0 Å². The lowest BCUT2D eigenvalue weighted by molar-refractivity contribution is 0.0343. The van der Waals surface area contributed by atoms with Gasteiger partial charge in [-0.05, 0) is 43.9 Å². The number of benzene rings is 1. The summed E-state index contributed by atoms with van der Waals surface area (Å²) in [5.74, 6) is 0.698. The summed E-state index contributed by atoms with van der Waals surface area (Å²) in [4.78, 5) is 0. The van der Waals surface area contributed by atoms with E-state index in [9.17, 15) is 0 Å². The molecule has 0 aliphatic rings. The minimum Gasteiger partial charge on any atom is -0.377 e. The highest BCUT2D eigenvalue weighted by Gasteiger charge is 2.17. The molecule has 2 heteroatoms. The maximum absolute atomic E-state index is 5.95. The van der Waals surface area contributed by atoms with E-state index < -0.39 is 0 Å². The minimum absolute atomic E-state index is 0.191. The van der Waals surface area contributed by atoms with Crippen LogP contribution in [0.15, 0.2) is 24.3 Å². The van der Waals surface area contributed by atoms with Gasteiger partial charge in [0.05, 0.1) is 12.1 Å². The quantitative estimate of drug-likeness (QED) is 0.766. The zero-order chi connectivity index (χ0) is 14.3. The molecule has 0 saturated carbocycles. The molecule has 1 rings (SSSR count). The van der Waals surface area contributed by atoms with Crippen LogP contribution in [0, 0.1) is 5.92 Å². The Morgan fingerprint density at radius 3 is 2.21 bits per heavy atom. The molecule has 108 valence electrons. The topological polar surface area (TPSA) is 21.3 Å². The smallest absolute Gasteiger partial charge is 0.0741 e. The molecule has 0 heterocycles. The van der Waals surface area contributed by atoms with Crippen LogP contribution in [0.3, 0.4) is 0 Å². The van der Waals surface area contributed by atoms with Gasteiger partial charge in [-0.3, -0.25) is 0 Å². The molecule has 0 saturated heterocycles. The summed E-state index contributed by atoms with van der Waals surface area (Å²) in [5, 5.41) is 3.37. The third-order valence-electron chi connectivity index (χ3n) is 3.60. The summed E-state index contributed by atoms with van der Waals surface area (Å²) >= 11 is 0. The predicted molar refractivity (Wildman–Crippen MR) is 82.5 cm³/mol. The van der Waals surface area contributed by atoms with Gasteiger partial charge in [-0.2, -0.15) is 0 Å². The first-order valence-corrected chi connectivity index (χ1v) is 7.46. The predicted octanol–water partition coefficient (Wildman–Crippen LogP) is 3.96. The molecule has 1 aromatic rings. The van der Waals surface area contributed by atoms with E-state index >= 15 is 0 Å². The highest BCUT2D eigenvalue weighted by molar-refractivity contribution is 5.25. The first-order chi connectivity index (χ1) is 9.08. The number of likely N-dealkylation sites (N-methyl/N-ethyl adjacent to an activating group) is 1. The lowest BCUT2D eigenvalue weighted by Crippen LogP contribution is -2.30. The van der Waals surface area contributed by atoms with Crippen LogP contribution in [0.4, 0.5) is 0 Å². The molecule has 0 radical (unpaired) electrons. The van der Waals surface area contributed by atoms with Gasteiger partial charge in [-0.25, -0.2) is 0 Å². The fourth-order valence-electron chi connectivity index (χ4n) is 2.22. The van der Waals surface area contributed by atoms with E-state index in [0.29, 0.717) is 5.92 Å². The fraction of sp³-hybridized carbons (Fsp3) is 0.647. The largest absolute Gasteiger partial charge is 0.377 e. The fourth-order valence-corrected chi connectivity index (χ4v) is 2.22. The highest BCUT2D eigenvalue weighted by Crippen LogP contribution is 2.20. The minimum atomic E-state index is 0.191. The zero-order valence-electron chi connectivity index (χ0n) is 13.1. The van der Waals surface area contributed by atoms with Gasteiger partial charge in [-0.15, -0.1) is 0 Å². The lowest BCUT2D eigenvalue weighted by atomic mass is 10.0. The maximum Gasteiger partial charge on any atom is 0.0741 e. The lowest BCUT2D eigenvalue weighted by Gasteiger charge is -2.25. The van der Waals surface area contributed by atoms with E-state index in [0.717, 1.165) is 19.4 Å². The zero-order valence-corrected chi connectivity index (χ0v) is 13.1. The molecule has 19 heavy (non-hydrogen) atoms. The monoisotopic (exact) mass is 263 g/mol. The third-order valence-corrected chi connectivity index (χ3v) is 3.60. The Kier molecular flexibility index (Phi) is 7.11. The van der Waals surface area contributed by atoms with Crippen molar-refractivity contribution < 1.29 is 4.74 Å². The molecule has 0 fully saturated rings. The Hall–Kier alpha value is -0.860. The van der Waals surface area contributed by atoms with Crippen LogP contribution in [0.2, 0.25) is 0 Å². The van der Waals surface area contributed by atoms with E-state index in [4.69, 9.17) is 4.74 Å². The standard InChI is InChI=1S/C17H29NO/c1-6-15-7-9-16(10-8-15)17(18-5)14(4)19-12-11-13(2)3/h7-10,13-14,17-18H,6,11-12H2,1-5H3. The van der Waals surface area contributed by atoms with Crippen LogP contribution in [0.25, 0.3) is 0 Å². The normalized spacial score (nSPS) is 14.6. The summed E-state index contributed by atoms with van der Waals surface area (Å²) in [7, 11) is 2.00. The maximum atomic E-state index is 5.95. The van der Waals surface area contributed by atoms with Crippen molar-refractivity contribution in [2.24, 2.45) is 5.92 Å².